The average molecular weight is 343 g/mol. The van der Waals surface area contributed by atoms with E-state index in [-0.39, 0.29) is 5.91 Å². The summed E-state index contributed by atoms with van der Waals surface area (Å²) in [5.41, 5.74) is 0.478. The molecule has 0 fully saturated rings. The third-order valence-corrected chi connectivity index (χ3v) is 3.83. The van der Waals surface area contributed by atoms with Gasteiger partial charge in [0.25, 0.3) is 0 Å². The standard InChI is InChI=1S/C16H13N3O4S/c1-10(20)19(13-3-5-14(23-2)6-4-13)16-18-12(9-24-16)7-11(8-17)15(21)22/h3-7,9H,1-2H3,(H,21,22)/b11-7-. The van der Waals surface area contributed by atoms with Gasteiger partial charge >= 0.3 is 5.97 Å². The molecule has 1 N–H and O–H groups in total. The third-order valence-electron chi connectivity index (χ3n) is 2.99. The minimum absolute atomic E-state index is 0.246. The summed E-state index contributed by atoms with van der Waals surface area (Å²) in [6, 6.07) is 8.46. The van der Waals surface area contributed by atoms with Crippen LogP contribution in [-0.2, 0) is 9.59 Å². The number of hydrogen-bond acceptors (Lipinski definition) is 6. The number of aromatic nitrogens is 1. The van der Waals surface area contributed by atoms with E-state index in [9.17, 15) is 9.59 Å². The molecule has 7 nitrogen and oxygen atoms in total. The summed E-state index contributed by atoms with van der Waals surface area (Å²) in [6.07, 6.45) is 1.16. The molecule has 1 amide bonds. The van der Waals surface area contributed by atoms with Crippen molar-refractivity contribution in [3.05, 3.63) is 40.9 Å². The van der Waals surface area contributed by atoms with Crippen molar-refractivity contribution in [2.75, 3.05) is 12.0 Å². The van der Waals surface area contributed by atoms with Gasteiger partial charge in [0.15, 0.2) is 5.13 Å². The fraction of sp³-hybridized carbons (Fsp3) is 0.125. The van der Waals surface area contributed by atoms with E-state index in [0.717, 1.165) is 6.08 Å². The number of thiazole rings is 1. The number of amides is 1. The fourth-order valence-corrected chi connectivity index (χ4v) is 2.74. The van der Waals surface area contributed by atoms with Crippen molar-refractivity contribution in [3.8, 4) is 11.8 Å². The topological polar surface area (TPSA) is 104 Å². The van der Waals surface area contributed by atoms with Crippen LogP contribution in [0.25, 0.3) is 6.08 Å². The number of benzene rings is 1. The highest BCUT2D eigenvalue weighted by Crippen LogP contribution is 2.30. The van der Waals surface area contributed by atoms with E-state index in [0.29, 0.717) is 22.3 Å². The van der Waals surface area contributed by atoms with E-state index >= 15 is 0 Å². The zero-order chi connectivity index (χ0) is 17.7. The van der Waals surface area contributed by atoms with Gasteiger partial charge in [-0.15, -0.1) is 11.3 Å². The minimum Gasteiger partial charge on any atom is -0.497 e. The van der Waals surface area contributed by atoms with Gasteiger partial charge in [0, 0.05) is 12.3 Å². The van der Waals surface area contributed by atoms with Crippen molar-refractivity contribution >= 4 is 40.1 Å². The van der Waals surface area contributed by atoms with Crippen LogP contribution in [0, 0.1) is 11.3 Å². The highest BCUT2D eigenvalue weighted by molar-refractivity contribution is 7.14. The monoisotopic (exact) mass is 343 g/mol. The van der Waals surface area contributed by atoms with Crippen molar-refractivity contribution in [2.45, 2.75) is 6.92 Å². The molecule has 0 aliphatic rings. The Kier molecular flexibility index (Phi) is 5.29. The Hall–Kier alpha value is -3.18. The van der Waals surface area contributed by atoms with Gasteiger partial charge in [0.1, 0.15) is 17.4 Å². The summed E-state index contributed by atoms with van der Waals surface area (Å²) in [5, 5.41) is 19.6. The van der Waals surface area contributed by atoms with Crippen molar-refractivity contribution in [1.29, 1.82) is 5.26 Å². The molecular formula is C16H13N3O4S. The van der Waals surface area contributed by atoms with E-state index in [2.05, 4.69) is 4.98 Å². The molecule has 0 radical (unpaired) electrons. The normalized spacial score (nSPS) is 10.8. The second-order valence-electron chi connectivity index (χ2n) is 4.58. The SMILES string of the molecule is COc1ccc(N(C(C)=O)c2nc(/C=C(/C#N)C(=O)O)cs2)cc1. The number of carboxylic acid groups (broad SMARTS) is 1. The molecule has 1 aromatic heterocycles. The van der Waals surface area contributed by atoms with Crippen LogP contribution < -0.4 is 9.64 Å². The summed E-state index contributed by atoms with van der Waals surface area (Å²) >= 11 is 1.17. The van der Waals surface area contributed by atoms with Gasteiger partial charge in [-0.2, -0.15) is 5.26 Å². The first kappa shape index (κ1) is 17.2. The van der Waals surface area contributed by atoms with Crippen LogP contribution in [-0.4, -0.2) is 29.1 Å². The highest BCUT2D eigenvalue weighted by atomic mass is 32.1. The Morgan fingerprint density at radius 1 is 1.38 bits per heavy atom. The number of methoxy groups -OCH3 is 1. The molecule has 2 rings (SSSR count). The number of aliphatic carboxylic acids is 1. The number of carbonyl (C=O) groups is 2. The third kappa shape index (κ3) is 3.77. The number of nitriles is 1. The molecule has 122 valence electrons. The van der Waals surface area contributed by atoms with Gasteiger partial charge in [-0.05, 0) is 30.3 Å². The van der Waals surface area contributed by atoms with Gasteiger partial charge in [-0.3, -0.25) is 9.69 Å². The van der Waals surface area contributed by atoms with Crippen LogP contribution in [0.3, 0.4) is 0 Å². The first-order chi connectivity index (χ1) is 11.5. The lowest BCUT2D eigenvalue weighted by Crippen LogP contribution is -2.22. The van der Waals surface area contributed by atoms with Crippen LogP contribution >= 0.6 is 11.3 Å². The first-order valence-corrected chi connectivity index (χ1v) is 7.59. The molecule has 1 heterocycles. The number of nitrogens with zero attached hydrogens (tertiary/aromatic N) is 3. The quantitative estimate of drug-likeness (QED) is 0.661. The van der Waals surface area contributed by atoms with Gasteiger partial charge in [0.2, 0.25) is 5.91 Å². The van der Waals surface area contributed by atoms with E-state index in [1.807, 2.05) is 0 Å². The van der Waals surface area contributed by atoms with Gasteiger partial charge in [-0.1, -0.05) is 0 Å². The number of anilines is 2. The van der Waals surface area contributed by atoms with Crippen molar-refractivity contribution < 1.29 is 19.4 Å². The molecule has 0 aliphatic carbocycles. The molecule has 0 bridgehead atoms. The second-order valence-corrected chi connectivity index (χ2v) is 5.42. The maximum absolute atomic E-state index is 12.0. The molecule has 0 unspecified atom stereocenters. The lowest BCUT2D eigenvalue weighted by molar-refractivity contribution is -0.132. The Morgan fingerprint density at radius 2 is 2.04 bits per heavy atom. The van der Waals surface area contributed by atoms with Crippen LogP contribution in [0.15, 0.2) is 35.2 Å². The molecule has 2 aromatic rings. The largest absolute Gasteiger partial charge is 0.497 e. The Labute approximate surface area is 142 Å². The van der Waals surface area contributed by atoms with E-state index in [1.54, 1.807) is 42.8 Å². The van der Waals surface area contributed by atoms with E-state index < -0.39 is 11.5 Å². The molecule has 0 aliphatic heterocycles. The lowest BCUT2D eigenvalue weighted by atomic mass is 10.2. The van der Waals surface area contributed by atoms with Crippen LogP contribution in [0.1, 0.15) is 12.6 Å². The number of hydrogen-bond donors (Lipinski definition) is 1. The predicted molar refractivity (Wildman–Crippen MR) is 89.2 cm³/mol. The average Bonchev–Trinajstić information content (AvgIpc) is 3.01. The summed E-state index contributed by atoms with van der Waals surface area (Å²) in [4.78, 5) is 28.5. The summed E-state index contributed by atoms with van der Waals surface area (Å²) in [7, 11) is 1.55. The summed E-state index contributed by atoms with van der Waals surface area (Å²) < 4.78 is 5.09. The molecule has 0 atom stereocenters. The van der Waals surface area contributed by atoms with Gasteiger partial charge in [-0.25, -0.2) is 9.78 Å². The Bertz CT molecular complexity index is 834. The van der Waals surface area contributed by atoms with E-state index in [4.69, 9.17) is 15.1 Å². The van der Waals surface area contributed by atoms with Crippen LogP contribution in [0.5, 0.6) is 5.75 Å². The molecule has 24 heavy (non-hydrogen) atoms. The van der Waals surface area contributed by atoms with E-state index in [1.165, 1.54) is 23.2 Å². The molecule has 8 heteroatoms. The van der Waals surface area contributed by atoms with Gasteiger partial charge < -0.3 is 9.84 Å². The maximum atomic E-state index is 12.0. The van der Waals surface area contributed by atoms with Crippen LogP contribution in [0.2, 0.25) is 0 Å². The molecular weight excluding hydrogens is 330 g/mol. The summed E-state index contributed by atoms with van der Waals surface area (Å²) in [5.74, 6) is -0.917. The van der Waals surface area contributed by atoms with Gasteiger partial charge in [0.05, 0.1) is 18.5 Å². The molecule has 0 saturated heterocycles. The van der Waals surface area contributed by atoms with Crippen molar-refractivity contribution in [2.24, 2.45) is 0 Å². The predicted octanol–water partition coefficient (Wildman–Crippen LogP) is 2.83. The highest BCUT2D eigenvalue weighted by Gasteiger charge is 2.18. The zero-order valence-electron chi connectivity index (χ0n) is 12.9. The zero-order valence-corrected chi connectivity index (χ0v) is 13.7. The Balaban J connectivity index is 2.38. The van der Waals surface area contributed by atoms with Crippen molar-refractivity contribution in [3.63, 3.8) is 0 Å². The molecule has 0 spiro atoms. The maximum Gasteiger partial charge on any atom is 0.346 e. The Morgan fingerprint density at radius 3 is 2.54 bits per heavy atom. The lowest BCUT2D eigenvalue weighted by Gasteiger charge is -2.18. The minimum atomic E-state index is -1.33. The second kappa shape index (κ2) is 7.39. The fourth-order valence-electron chi connectivity index (χ4n) is 1.89. The number of rotatable bonds is 5. The molecule has 0 saturated carbocycles. The van der Waals surface area contributed by atoms with Crippen molar-refractivity contribution in [1.82, 2.24) is 4.98 Å². The smallest absolute Gasteiger partial charge is 0.346 e. The summed E-state index contributed by atoms with van der Waals surface area (Å²) in [6.45, 7) is 1.40. The number of carboxylic acids is 1. The number of ether oxygens (including phenoxy) is 1. The number of carbonyl (C=O) groups excluding carboxylic acids is 1. The van der Waals surface area contributed by atoms with Crippen LogP contribution in [0.4, 0.5) is 10.8 Å². The first-order valence-electron chi connectivity index (χ1n) is 6.71. The molecule has 1 aromatic carbocycles.